The highest BCUT2D eigenvalue weighted by molar-refractivity contribution is 7.99. The molecule has 8 rings (SSSR count). The molecular weight excluding hydrogens is 686 g/mol. The van der Waals surface area contributed by atoms with Gasteiger partial charge in [-0.2, -0.15) is 11.8 Å². The molecule has 3 atom stereocenters. The zero-order valence-electron chi connectivity index (χ0n) is 29.7. The molecule has 5 aliphatic heterocycles. The second-order valence-electron chi connectivity index (χ2n) is 14.8. The number of piperidine rings is 1. The number of piperazine rings is 1. The summed E-state index contributed by atoms with van der Waals surface area (Å²) in [7, 11) is 0. The summed E-state index contributed by atoms with van der Waals surface area (Å²) in [6.07, 6.45) is 5.84. The Kier molecular flexibility index (Phi) is 11.2. The van der Waals surface area contributed by atoms with Crippen molar-refractivity contribution in [2.24, 2.45) is 5.92 Å². The minimum atomic E-state index is -0.601. The lowest BCUT2D eigenvalue weighted by Gasteiger charge is -2.38. The summed E-state index contributed by atoms with van der Waals surface area (Å²) in [5, 5.41) is 6.83. The van der Waals surface area contributed by atoms with Crippen molar-refractivity contribution in [1.82, 2.24) is 25.1 Å². The predicted octanol–water partition coefficient (Wildman–Crippen LogP) is 3.80. The number of benzene rings is 2. The first-order valence-corrected chi connectivity index (χ1v) is 20.0. The molecule has 3 unspecified atom stereocenters. The Bertz CT molecular complexity index is 1740. The largest absolute Gasteiger partial charge is 0.493 e. The van der Waals surface area contributed by atoms with Crippen LogP contribution in [0.15, 0.2) is 41.2 Å². The Labute approximate surface area is 308 Å². The Hall–Kier alpha value is -3.43. The predicted molar refractivity (Wildman–Crippen MR) is 201 cm³/mol. The summed E-state index contributed by atoms with van der Waals surface area (Å²) >= 11 is 1.83. The molecule has 3 aromatic rings. The number of H-pyrrole nitrogens is 1. The molecule has 3 N–H and O–H groups in total. The number of rotatable bonds is 12. The number of nitrogens with one attached hydrogen (secondary N) is 3. The fourth-order valence-corrected chi connectivity index (χ4v) is 8.91. The Morgan fingerprint density at radius 3 is 2.44 bits per heavy atom. The highest BCUT2D eigenvalue weighted by Gasteiger charge is 2.44. The second-order valence-corrected chi connectivity index (χ2v) is 16.1. The molecule has 0 aliphatic carbocycles. The lowest BCUT2D eigenvalue weighted by molar-refractivity contribution is -0.122. The van der Waals surface area contributed by atoms with Gasteiger partial charge in [-0.1, -0.05) is 0 Å². The van der Waals surface area contributed by atoms with Crippen molar-refractivity contribution >= 4 is 39.9 Å². The van der Waals surface area contributed by atoms with E-state index in [1.807, 2.05) is 11.8 Å². The van der Waals surface area contributed by atoms with Crippen LogP contribution in [0.2, 0.25) is 0 Å². The maximum atomic E-state index is 14.9. The number of epoxide rings is 1. The van der Waals surface area contributed by atoms with Gasteiger partial charge in [0.15, 0.2) is 6.23 Å². The van der Waals surface area contributed by atoms with Gasteiger partial charge in [-0.15, -0.1) is 0 Å². The number of amides is 1. The van der Waals surface area contributed by atoms with Gasteiger partial charge in [-0.25, -0.2) is 9.37 Å². The molecule has 5 fully saturated rings. The monoisotopic (exact) mass is 735 g/mol. The van der Waals surface area contributed by atoms with Crippen molar-refractivity contribution in [2.75, 3.05) is 82.4 Å². The summed E-state index contributed by atoms with van der Waals surface area (Å²) < 4.78 is 31.7. The summed E-state index contributed by atoms with van der Waals surface area (Å²) in [5.74, 6) is 1.38. The molecule has 2 aromatic carbocycles. The van der Waals surface area contributed by atoms with Crippen molar-refractivity contribution in [1.29, 1.82) is 0 Å². The quantitative estimate of drug-likeness (QED) is 0.235. The molecule has 0 saturated carbocycles. The maximum Gasteiger partial charge on any atom is 0.261 e. The first-order valence-electron chi connectivity index (χ1n) is 19.0. The first kappa shape index (κ1) is 35.6. The summed E-state index contributed by atoms with van der Waals surface area (Å²) in [6, 6.07) is 11.2. The lowest BCUT2D eigenvalue weighted by atomic mass is 10.0. The van der Waals surface area contributed by atoms with E-state index in [1.54, 1.807) is 6.07 Å². The maximum absolute atomic E-state index is 14.9. The van der Waals surface area contributed by atoms with Gasteiger partial charge < -0.3 is 39.6 Å². The van der Waals surface area contributed by atoms with Crippen molar-refractivity contribution in [3.05, 3.63) is 58.4 Å². The highest BCUT2D eigenvalue weighted by Crippen LogP contribution is 2.30. The molecule has 6 heterocycles. The average molecular weight is 736 g/mol. The van der Waals surface area contributed by atoms with E-state index < -0.39 is 11.4 Å². The molecule has 52 heavy (non-hydrogen) atoms. The van der Waals surface area contributed by atoms with E-state index in [2.05, 4.69) is 59.6 Å². The van der Waals surface area contributed by atoms with Crippen LogP contribution in [-0.2, 0) is 20.0 Å². The number of hydrogen-bond donors (Lipinski definition) is 3. The van der Waals surface area contributed by atoms with Gasteiger partial charge >= 0.3 is 0 Å². The molecule has 5 aliphatic rings. The summed E-state index contributed by atoms with van der Waals surface area (Å²) in [5.41, 5.74) is 2.10. The van der Waals surface area contributed by atoms with Gasteiger partial charge in [0.05, 0.1) is 17.9 Å². The van der Waals surface area contributed by atoms with E-state index >= 15 is 0 Å². The zero-order chi connectivity index (χ0) is 35.4. The van der Waals surface area contributed by atoms with E-state index in [4.69, 9.17) is 14.2 Å². The number of carbonyl (C=O) groups excluding carboxylic acids is 1. The van der Waals surface area contributed by atoms with Crippen LogP contribution >= 0.6 is 11.8 Å². The number of nitrogens with zero attached hydrogens (tertiary/aromatic N) is 4. The van der Waals surface area contributed by atoms with Crippen molar-refractivity contribution in [2.45, 2.75) is 67.9 Å². The third-order valence-corrected chi connectivity index (χ3v) is 12.6. The molecule has 280 valence electrons. The van der Waals surface area contributed by atoms with Gasteiger partial charge in [0.25, 0.3) is 5.56 Å². The third-order valence-electron chi connectivity index (χ3n) is 11.2. The number of aromatic nitrogens is 2. The zero-order valence-corrected chi connectivity index (χ0v) is 30.5. The molecule has 12 nitrogen and oxygen atoms in total. The van der Waals surface area contributed by atoms with Crippen molar-refractivity contribution < 1.29 is 23.4 Å². The van der Waals surface area contributed by atoms with Crippen LogP contribution in [0.1, 0.15) is 44.3 Å². The van der Waals surface area contributed by atoms with Gasteiger partial charge in [-0.05, 0) is 81.8 Å². The van der Waals surface area contributed by atoms with Crippen molar-refractivity contribution in [3.8, 4) is 5.75 Å². The van der Waals surface area contributed by atoms with Crippen LogP contribution in [-0.4, -0.2) is 121 Å². The van der Waals surface area contributed by atoms with E-state index in [1.165, 1.54) is 11.8 Å². The number of fused-ring (bicyclic) bond motifs is 2. The SMILES string of the molecule is O=C1NC2OC2CCC1Nc1ccc(N2CCN(CCN3CCC(SCc4nc5cc(OCC6CCOCC6)cc(F)c5c(=O)[nH]4)CC3)CC2)cc1. The van der Waals surface area contributed by atoms with Crippen LogP contribution in [0.3, 0.4) is 0 Å². The van der Waals surface area contributed by atoms with Crippen LogP contribution in [0, 0.1) is 11.7 Å². The van der Waals surface area contributed by atoms with Crippen LogP contribution < -0.4 is 25.8 Å². The lowest BCUT2D eigenvalue weighted by Crippen LogP contribution is -2.49. The number of hydrogen-bond acceptors (Lipinski definition) is 11. The molecule has 1 amide bonds. The normalized spacial score (nSPS) is 25.1. The number of halogens is 1. The fraction of sp³-hybridized carbons (Fsp3) is 0.605. The average Bonchev–Trinajstić information content (AvgIpc) is 3.93. The topological polar surface area (TPSA) is 128 Å². The van der Waals surface area contributed by atoms with E-state index in [9.17, 15) is 14.0 Å². The van der Waals surface area contributed by atoms with Crippen LogP contribution in [0.4, 0.5) is 15.8 Å². The summed E-state index contributed by atoms with van der Waals surface area (Å²) in [6.45, 7) is 10.3. The standard InChI is InChI=1S/C38H50FN7O5S/c39-30-21-28(50-23-25-9-19-49-20-10-25)22-32-35(30)37(48)42-34(41-32)24-52-29-7-11-44(12-8-29)13-14-45-15-17-46(18-16-45)27-3-1-26(2-4-27)40-31-5-6-33-38(51-33)43-36(31)47/h1-4,21-22,25,29,31,33,38,40H,5-20,23-24H2,(H,43,47)(H,41,42,48). The molecule has 0 spiro atoms. The fourth-order valence-electron chi connectivity index (χ4n) is 7.84. The number of likely N-dealkylation sites (tertiary alicyclic amines) is 1. The Balaban J connectivity index is 0.740. The molecule has 1 aromatic heterocycles. The molecular formula is C38H50FN7O5S. The molecule has 0 radical (unpaired) electrons. The Morgan fingerprint density at radius 1 is 0.923 bits per heavy atom. The third kappa shape index (κ3) is 8.84. The molecule has 5 saturated heterocycles. The highest BCUT2D eigenvalue weighted by atomic mass is 32.2. The Morgan fingerprint density at radius 2 is 1.67 bits per heavy atom. The number of carbonyl (C=O) groups is 1. The van der Waals surface area contributed by atoms with Crippen LogP contribution in [0.5, 0.6) is 5.75 Å². The van der Waals surface area contributed by atoms with Gasteiger partial charge in [0, 0.05) is 81.2 Å². The van der Waals surface area contributed by atoms with E-state index in [0.29, 0.717) is 40.6 Å². The number of thioether (sulfide) groups is 1. The minimum Gasteiger partial charge on any atom is -0.493 e. The number of aromatic amines is 1. The van der Waals surface area contributed by atoms with Crippen molar-refractivity contribution in [3.63, 3.8) is 0 Å². The van der Waals surface area contributed by atoms with E-state index in [0.717, 1.165) is 110 Å². The first-order chi connectivity index (χ1) is 25.4. The number of anilines is 2. The minimum absolute atomic E-state index is 0.0149. The second kappa shape index (κ2) is 16.3. The van der Waals surface area contributed by atoms with E-state index in [-0.39, 0.29) is 29.7 Å². The smallest absolute Gasteiger partial charge is 0.261 e. The molecule has 14 heteroatoms. The summed E-state index contributed by atoms with van der Waals surface area (Å²) in [4.78, 5) is 40.3. The van der Waals surface area contributed by atoms with Gasteiger partial charge in [0.2, 0.25) is 5.91 Å². The number of ether oxygens (including phenoxy) is 3. The van der Waals surface area contributed by atoms with Gasteiger partial charge in [0.1, 0.15) is 34.9 Å². The molecule has 0 bridgehead atoms. The van der Waals surface area contributed by atoms with Crippen LogP contribution in [0.25, 0.3) is 10.9 Å². The van der Waals surface area contributed by atoms with Gasteiger partial charge in [-0.3, -0.25) is 14.5 Å².